The summed E-state index contributed by atoms with van der Waals surface area (Å²) >= 11 is 4.35. The average Bonchev–Trinajstić information content (AvgIpc) is 2.33. The first-order valence-corrected chi connectivity index (χ1v) is 6.05. The molecule has 0 amide bonds. The molecular formula is C11H17N5S. The number of thiol groups is 1. The molecule has 0 saturated carbocycles. The molecule has 0 aromatic carbocycles. The Morgan fingerprint density at radius 2 is 2.12 bits per heavy atom. The van der Waals surface area contributed by atoms with Crippen molar-refractivity contribution in [3.63, 3.8) is 0 Å². The van der Waals surface area contributed by atoms with Crippen LogP contribution in [0.2, 0.25) is 0 Å². The summed E-state index contributed by atoms with van der Waals surface area (Å²) in [5.41, 5.74) is 6.60. The summed E-state index contributed by atoms with van der Waals surface area (Å²) in [7, 11) is 0. The number of nitrogens with one attached hydrogen (secondary N) is 1. The Labute approximate surface area is 107 Å². The lowest BCUT2D eigenvalue weighted by atomic mass is 10.2. The van der Waals surface area contributed by atoms with E-state index in [1.165, 1.54) is 0 Å². The number of rotatable bonds is 2. The summed E-state index contributed by atoms with van der Waals surface area (Å²) in [5.74, 6) is 0.168. The van der Waals surface area contributed by atoms with Gasteiger partial charge in [0.1, 0.15) is 0 Å². The molecular weight excluding hydrogens is 234 g/mol. The summed E-state index contributed by atoms with van der Waals surface area (Å²) in [6, 6.07) is 3.98. The van der Waals surface area contributed by atoms with Crippen LogP contribution in [0.1, 0.15) is 5.56 Å². The summed E-state index contributed by atoms with van der Waals surface area (Å²) in [4.78, 5) is 8.38. The molecule has 2 rings (SSSR count). The Morgan fingerprint density at radius 3 is 2.71 bits per heavy atom. The molecule has 2 heterocycles. The Balaban J connectivity index is 1.90. The maximum absolute atomic E-state index is 7.37. The first-order chi connectivity index (χ1) is 8.16. The molecule has 1 aromatic rings. The third-order valence-corrected chi connectivity index (χ3v) is 3.38. The van der Waals surface area contributed by atoms with Gasteiger partial charge in [-0.2, -0.15) is 0 Å². The first kappa shape index (κ1) is 12.2. The molecule has 0 unspecified atom stereocenters. The highest BCUT2D eigenvalue weighted by atomic mass is 32.1. The molecule has 17 heavy (non-hydrogen) atoms. The molecule has 0 bridgehead atoms. The van der Waals surface area contributed by atoms with Crippen molar-refractivity contribution in [2.45, 2.75) is 11.6 Å². The van der Waals surface area contributed by atoms with Crippen molar-refractivity contribution in [3.05, 3.63) is 23.9 Å². The van der Waals surface area contributed by atoms with Crippen LogP contribution in [0.15, 0.2) is 23.4 Å². The SMILES string of the molecule is N=C(N)N1CCN(Cc2cccnc2S)CC1. The minimum atomic E-state index is 0.168. The van der Waals surface area contributed by atoms with Gasteiger partial charge in [0, 0.05) is 38.9 Å². The van der Waals surface area contributed by atoms with Gasteiger partial charge in [-0.1, -0.05) is 6.07 Å². The van der Waals surface area contributed by atoms with Crippen molar-refractivity contribution in [3.8, 4) is 0 Å². The monoisotopic (exact) mass is 251 g/mol. The number of piperazine rings is 1. The lowest BCUT2D eigenvalue weighted by Gasteiger charge is -2.34. The van der Waals surface area contributed by atoms with Crippen LogP contribution in [0.3, 0.4) is 0 Å². The maximum atomic E-state index is 7.37. The fourth-order valence-electron chi connectivity index (χ4n) is 1.94. The van der Waals surface area contributed by atoms with E-state index in [1.807, 2.05) is 17.0 Å². The van der Waals surface area contributed by atoms with Gasteiger partial charge in [-0.25, -0.2) is 4.98 Å². The Morgan fingerprint density at radius 1 is 1.41 bits per heavy atom. The highest BCUT2D eigenvalue weighted by molar-refractivity contribution is 7.80. The Hall–Kier alpha value is -1.27. The summed E-state index contributed by atoms with van der Waals surface area (Å²) < 4.78 is 0. The second kappa shape index (κ2) is 5.37. The highest BCUT2D eigenvalue weighted by Gasteiger charge is 2.18. The second-order valence-corrected chi connectivity index (χ2v) is 4.56. The molecule has 6 heteroatoms. The van der Waals surface area contributed by atoms with Gasteiger partial charge in [0.05, 0.1) is 5.03 Å². The molecule has 0 atom stereocenters. The zero-order chi connectivity index (χ0) is 12.3. The van der Waals surface area contributed by atoms with Crippen LogP contribution in [0.4, 0.5) is 0 Å². The van der Waals surface area contributed by atoms with Gasteiger partial charge in [0.25, 0.3) is 0 Å². The Kier molecular flexibility index (Phi) is 3.86. The van der Waals surface area contributed by atoms with E-state index in [0.29, 0.717) is 0 Å². The van der Waals surface area contributed by atoms with Crippen molar-refractivity contribution >= 4 is 18.6 Å². The van der Waals surface area contributed by atoms with Crippen molar-refractivity contribution in [1.82, 2.24) is 14.8 Å². The van der Waals surface area contributed by atoms with Gasteiger partial charge < -0.3 is 10.6 Å². The normalized spacial score (nSPS) is 17.1. The lowest BCUT2D eigenvalue weighted by molar-refractivity contribution is 0.172. The molecule has 92 valence electrons. The molecule has 0 radical (unpaired) electrons. The summed E-state index contributed by atoms with van der Waals surface area (Å²) in [5, 5.41) is 8.17. The zero-order valence-electron chi connectivity index (χ0n) is 9.63. The third kappa shape index (κ3) is 3.10. The lowest BCUT2D eigenvalue weighted by Crippen LogP contribution is -2.50. The van der Waals surface area contributed by atoms with Gasteiger partial charge in [0.2, 0.25) is 0 Å². The number of guanidine groups is 1. The van der Waals surface area contributed by atoms with Gasteiger partial charge in [-0.3, -0.25) is 10.3 Å². The minimum absolute atomic E-state index is 0.168. The Bertz CT molecular complexity index is 401. The van der Waals surface area contributed by atoms with E-state index < -0.39 is 0 Å². The van der Waals surface area contributed by atoms with Crippen LogP contribution in [-0.2, 0) is 6.54 Å². The van der Waals surface area contributed by atoms with Gasteiger partial charge in [-0.15, -0.1) is 12.6 Å². The molecule has 0 spiro atoms. The molecule has 1 fully saturated rings. The van der Waals surface area contributed by atoms with Crippen molar-refractivity contribution in [1.29, 1.82) is 5.41 Å². The first-order valence-electron chi connectivity index (χ1n) is 5.61. The minimum Gasteiger partial charge on any atom is -0.370 e. The molecule has 1 aliphatic heterocycles. The van der Waals surface area contributed by atoms with Crippen LogP contribution in [0.25, 0.3) is 0 Å². The molecule has 1 aromatic heterocycles. The van der Waals surface area contributed by atoms with Crippen molar-refractivity contribution in [2.24, 2.45) is 5.73 Å². The third-order valence-electron chi connectivity index (χ3n) is 2.97. The predicted octanol–water partition coefficient (Wildman–Crippen LogP) is 0.381. The fraction of sp³-hybridized carbons (Fsp3) is 0.455. The van der Waals surface area contributed by atoms with Crippen molar-refractivity contribution in [2.75, 3.05) is 26.2 Å². The molecule has 1 aliphatic rings. The van der Waals surface area contributed by atoms with Crippen LogP contribution >= 0.6 is 12.6 Å². The van der Waals surface area contributed by atoms with E-state index in [-0.39, 0.29) is 5.96 Å². The van der Waals surface area contributed by atoms with Gasteiger partial charge in [-0.05, 0) is 11.6 Å². The van der Waals surface area contributed by atoms with E-state index in [9.17, 15) is 0 Å². The quantitative estimate of drug-likeness (QED) is 0.404. The van der Waals surface area contributed by atoms with Crippen molar-refractivity contribution < 1.29 is 0 Å². The number of nitrogens with zero attached hydrogens (tertiary/aromatic N) is 3. The van der Waals surface area contributed by atoms with E-state index in [4.69, 9.17) is 11.1 Å². The fourth-order valence-corrected chi connectivity index (χ4v) is 2.15. The highest BCUT2D eigenvalue weighted by Crippen LogP contribution is 2.13. The number of pyridine rings is 1. The zero-order valence-corrected chi connectivity index (χ0v) is 10.5. The number of hydrogen-bond donors (Lipinski definition) is 3. The van der Waals surface area contributed by atoms with E-state index in [1.54, 1.807) is 6.20 Å². The predicted molar refractivity (Wildman–Crippen MR) is 70.3 cm³/mol. The summed E-state index contributed by atoms with van der Waals surface area (Å²) in [6.45, 7) is 4.33. The van der Waals surface area contributed by atoms with Gasteiger partial charge >= 0.3 is 0 Å². The molecule has 1 saturated heterocycles. The standard InChI is InChI=1S/C11H17N5S/c12-11(13)16-6-4-15(5-7-16)8-9-2-1-3-14-10(9)17/h1-3H,4-8H2,(H3,12,13)(H,14,17). The summed E-state index contributed by atoms with van der Waals surface area (Å²) in [6.07, 6.45) is 1.75. The number of nitrogens with two attached hydrogens (primary N) is 1. The second-order valence-electron chi connectivity index (χ2n) is 4.13. The van der Waals surface area contributed by atoms with E-state index in [0.717, 1.165) is 43.3 Å². The van der Waals surface area contributed by atoms with Crippen LogP contribution in [-0.4, -0.2) is 46.9 Å². The van der Waals surface area contributed by atoms with Crippen LogP contribution in [0, 0.1) is 5.41 Å². The van der Waals surface area contributed by atoms with Crippen LogP contribution in [0.5, 0.6) is 0 Å². The molecule has 3 N–H and O–H groups in total. The smallest absolute Gasteiger partial charge is 0.188 e. The number of aromatic nitrogens is 1. The topological polar surface area (TPSA) is 69.2 Å². The van der Waals surface area contributed by atoms with Gasteiger partial charge in [0.15, 0.2) is 5.96 Å². The number of hydrogen-bond acceptors (Lipinski definition) is 4. The molecule has 0 aliphatic carbocycles. The van der Waals surface area contributed by atoms with Crippen LogP contribution < -0.4 is 5.73 Å². The largest absolute Gasteiger partial charge is 0.370 e. The van der Waals surface area contributed by atoms with E-state index >= 15 is 0 Å². The molecule has 5 nitrogen and oxygen atoms in total. The average molecular weight is 251 g/mol. The maximum Gasteiger partial charge on any atom is 0.188 e. The van der Waals surface area contributed by atoms with E-state index in [2.05, 4.69) is 22.5 Å².